The van der Waals surface area contributed by atoms with Gasteiger partial charge >= 0.3 is 6.09 Å². The molecule has 0 aliphatic carbocycles. The monoisotopic (exact) mass is 245 g/mol. The number of carbonyl (C=O) groups is 1. The van der Waals surface area contributed by atoms with E-state index in [2.05, 4.69) is 5.32 Å². The molecule has 1 rings (SSSR count). The molecule has 0 saturated carbocycles. The lowest BCUT2D eigenvalue weighted by atomic mass is 10.0. The molecule has 1 saturated heterocycles. The summed E-state index contributed by atoms with van der Waals surface area (Å²) in [4.78, 5) is 11.5. The summed E-state index contributed by atoms with van der Waals surface area (Å²) in [7, 11) is 0. The van der Waals surface area contributed by atoms with Crippen LogP contribution in [0.4, 0.5) is 4.79 Å². The van der Waals surface area contributed by atoms with E-state index in [0.717, 1.165) is 12.8 Å². The van der Waals surface area contributed by atoms with E-state index in [0.29, 0.717) is 13.0 Å². The molecule has 2 atom stereocenters. The van der Waals surface area contributed by atoms with E-state index in [1.54, 1.807) is 0 Å². The molecule has 1 aliphatic rings. The van der Waals surface area contributed by atoms with Gasteiger partial charge in [-0.2, -0.15) is 0 Å². The highest BCUT2D eigenvalue weighted by atomic mass is 16.6. The van der Waals surface area contributed by atoms with Crippen LogP contribution in [0.15, 0.2) is 0 Å². The molecule has 1 aliphatic heterocycles. The standard InChI is InChI=1S/C12H23NO4/c1-12(2,3)17-11(15)13-9-4-5-10(6-7-14)16-8-9/h9-10,14H,4-8H2,1-3H3,(H,13,15). The average Bonchev–Trinajstić information content (AvgIpc) is 2.18. The number of ether oxygens (including phenoxy) is 2. The molecule has 100 valence electrons. The molecule has 1 amide bonds. The molecule has 0 aromatic rings. The van der Waals surface area contributed by atoms with E-state index in [1.165, 1.54) is 0 Å². The number of carbonyl (C=O) groups excluding carboxylic acids is 1. The summed E-state index contributed by atoms with van der Waals surface area (Å²) in [5.74, 6) is 0. The summed E-state index contributed by atoms with van der Waals surface area (Å²) in [5, 5.41) is 11.6. The lowest BCUT2D eigenvalue weighted by molar-refractivity contribution is -0.0182. The third-order valence-corrected chi connectivity index (χ3v) is 2.54. The van der Waals surface area contributed by atoms with Crippen molar-refractivity contribution in [3.8, 4) is 0 Å². The van der Waals surface area contributed by atoms with E-state index in [9.17, 15) is 4.79 Å². The number of nitrogens with one attached hydrogen (secondary N) is 1. The van der Waals surface area contributed by atoms with Gasteiger partial charge in [-0.15, -0.1) is 0 Å². The van der Waals surface area contributed by atoms with Crippen LogP contribution in [-0.2, 0) is 9.47 Å². The second kappa shape index (κ2) is 6.21. The Morgan fingerprint density at radius 1 is 1.47 bits per heavy atom. The molecule has 0 aromatic carbocycles. The van der Waals surface area contributed by atoms with Gasteiger partial charge in [0, 0.05) is 6.61 Å². The van der Waals surface area contributed by atoms with Crippen LogP contribution in [0.5, 0.6) is 0 Å². The topological polar surface area (TPSA) is 67.8 Å². The normalized spacial score (nSPS) is 25.4. The number of amides is 1. The third kappa shape index (κ3) is 5.89. The molecule has 0 radical (unpaired) electrons. The minimum atomic E-state index is -0.473. The Bertz CT molecular complexity index is 241. The predicted octanol–water partition coefficient (Wildman–Crippen LogP) is 1.44. The van der Waals surface area contributed by atoms with Crippen LogP contribution >= 0.6 is 0 Å². The lowest BCUT2D eigenvalue weighted by Crippen LogP contribution is -2.45. The van der Waals surface area contributed by atoms with Crippen molar-refractivity contribution in [2.24, 2.45) is 0 Å². The van der Waals surface area contributed by atoms with Crippen LogP contribution in [0, 0.1) is 0 Å². The van der Waals surface area contributed by atoms with E-state index in [-0.39, 0.29) is 18.8 Å². The average molecular weight is 245 g/mol. The van der Waals surface area contributed by atoms with E-state index < -0.39 is 11.7 Å². The van der Waals surface area contributed by atoms with E-state index >= 15 is 0 Å². The zero-order chi connectivity index (χ0) is 12.9. The summed E-state index contributed by atoms with van der Waals surface area (Å²) in [5.41, 5.74) is -0.473. The number of rotatable bonds is 3. The third-order valence-electron chi connectivity index (χ3n) is 2.54. The van der Waals surface area contributed by atoms with Crippen LogP contribution in [0.2, 0.25) is 0 Å². The quantitative estimate of drug-likeness (QED) is 0.789. The first kappa shape index (κ1) is 14.3. The molecule has 17 heavy (non-hydrogen) atoms. The number of hydrogen-bond donors (Lipinski definition) is 2. The summed E-state index contributed by atoms with van der Waals surface area (Å²) < 4.78 is 10.7. The van der Waals surface area contributed by atoms with Crippen molar-refractivity contribution in [3.05, 3.63) is 0 Å². The van der Waals surface area contributed by atoms with Crippen molar-refractivity contribution in [1.29, 1.82) is 0 Å². The van der Waals surface area contributed by atoms with Crippen molar-refractivity contribution in [2.45, 2.75) is 57.8 Å². The second-order valence-electron chi connectivity index (χ2n) is 5.39. The maximum absolute atomic E-state index is 11.5. The van der Waals surface area contributed by atoms with Crippen molar-refractivity contribution in [3.63, 3.8) is 0 Å². The molecule has 2 N–H and O–H groups in total. The minimum absolute atomic E-state index is 0.0137. The maximum Gasteiger partial charge on any atom is 0.407 e. The predicted molar refractivity (Wildman–Crippen MR) is 63.8 cm³/mol. The Hall–Kier alpha value is -0.810. The summed E-state index contributed by atoms with van der Waals surface area (Å²) >= 11 is 0. The number of hydrogen-bond acceptors (Lipinski definition) is 4. The fraction of sp³-hybridized carbons (Fsp3) is 0.917. The van der Waals surface area contributed by atoms with Gasteiger partial charge in [0.1, 0.15) is 5.60 Å². The SMILES string of the molecule is CC(C)(C)OC(=O)NC1CCC(CCO)OC1. The summed E-state index contributed by atoms with van der Waals surface area (Å²) in [6.45, 7) is 6.14. The van der Waals surface area contributed by atoms with Crippen LogP contribution in [-0.4, -0.2) is 42.2 Å². The highest BCUT2D eigenvalue weighted by Crippen LogP contribution is 2.16. The van der Waals surface area contributed by atoms with Crippen molar-refractivity contribution >= 4 is 6.09 Å². The largest absolute Gasteiger partial charge is 0.444 e. The Morgan fingerprint density at radius 2 is 2.18 bits per heavy atom. The van der Waals surface area contributed by atoms with Gasteiger partial charge in [0.2, 0.25) is 0 Å². The van der Waals surface area contributed by atoms with Gasteiger partial charge in [0.05, 0.1) is 18.8 Å². The lowest BCUT2D eigenvalue weighted by Gasteiger charge is -2.30. The van der Waals surface area contributed by atoms with Gasteiger partial charge in [0.15, 0.2) is 0 Å². The first-order chi connectivity index (χ1) is 7.90. The molecular weight excluding hydrogens is 222 g/mol. The first-order valence-corrected chi connectivity index (χ1v) is 6.12. The molecule has 0 bridgehead atoms. The Morgan fingerprint density at radius 3 is 2.65 bits per heavy atom. The Labute approximate surface area is 102 Å². The summed E-state index contributed by atoms with van der Waals surface area (Å²) in [6.07, 6.45) is 2.12. The first-order valence-electron chi connectivity index (χ1n) is 6.12. The number of aliphatic hydroxyl groups excluding tert-OH is 1. The molecule has 5 heteroatoms. The van der Waals surface area contributed by atoms with Crippen molar-refractivity contribution in [1.82, 2.24) is 5.32 Å². The van der Waals surface area contributed by atoms with E-state index in [4.69, 9.17) is 14.6 Å². The molecular formula is C12H23NO4. The Balaban J connectivity index is 2.24. The highest BCUT2D eigenvalue weighted by Gasteiger charge is 2.24. The molecule has 1 fully saturated rings. The Kier molecular flexibility index (Phi) is 5.21. The van der Waals surface area contributed by atoms with Gasteiger partial charge < -0.3 is 19.9 Å². The molecule has 0 aromatic heterocycles. The molecule has 2 unspecified atom stereocenters. The van der Waals surface area contributed by atoms with Crippen LogP contribution < -0.4 is 5.32 Å². The fourth-order valence-electron chi connectivity index (χ4n) is 1.77. The van der Waals surface area contributed by atoms with Gasteiger partial charge in [0.25, 0.3) is 0 Å². The smallest absolute Gasteiger partial charge is 0.407 e. The highest BCUT2D eigenvalue weighted by molar-refractivity contribution is 5.68. The molecule has 5 nitrogen and oxygen atoms in total. The second-order valence-corrected chi connectivity index (χ2v) is 5.39. The van der Waals surface area contributed by atoms with Gasteiger partial charge in [-0.05, 0) is 40.0 Å². The number of aliphatic hydroxyl groups is 1. The van der Waals surface area contributed by atoms with Crippen LogP contribution in [0.25, 0.3) is 0 Å². The van der Waals surface area contributed by atoms with E-state index in [1.807, 2.05) is 20.8 Å². The zero-order valence-corrected chi connectivity index (χ0v) is 10.9. The van der Waals surface area contributed by atoms with Gasteiger partial charge in [-0.25, -0.2) is 4.79 Å². The van der Waals surface area contributed by atoms with Crippen LogP contribution in [0.1, 0.15) is 40.0 Å². The molecule has 0 spiro atoms. The molecule has 1 heterocycles. The van der Waals surface area contributed by atoms with Gasteiger partial charge in [-0.3, -0.25) is 0 Å². The van der Waals surface area contributed by atoms with Crippen molar-refractivity contribution < 1.29 is 19.4 Å². The van der Waals surface area contributed by atoms with Crippen LogP contribution in [0.3, 0.4) is 0 Å². The van der Waals surface area contributed by atoms with Crippen molar-refractivity contribution in [2.75, 3.05) is 13.2 Å². The summed E-state index contributed by atoms with van der Waals surface area (Å²) in [6, 6.07) is 0.0137. The zero-order valence-electron chi connectivity index (χ0n) is 10.9. The maximum atomic E-state index is 11.5. The van der Waals surface area contributed by atoms with Gasteiger partial charge in [-0.1, -0.05) is 0 Å². The minimum Gasteiger partial charge on any atom is -0.444 e. The fourth-order valence-corrected chi connectivity index (χ4v) is 1.77. The number of alkyl carbamates (subject to hydrolysis) is 1.